The molecule has 1 aliphatic carbocycles. The number of rotatable bonds is 7. The van der Waals surface area contributed by atoms with Gasteiger partial charge in [0.25, 0.3) is 0 Å². The molecule has 156 valence electrons. The highest BCUT2D eigenvalue weighted by Crippen LogP contribution is 2.40. The first kappa shape index (κ1) is 21.1. The van der Waals surface area contributed by atoms with Gasteiger partial charge in [0.05, 0.1) is 0 Å². The molecular weight excluding hydrogens is 346 g/mol. The molecule has 1 atom stereocenters. The summed E-state index contributed by atoms with van der Waals surface area (Å²) in [5.74, 6) is 1.55. The first-order chi connectivity index (χ1) is 13.6. The number of aliphatic imine (C=N–C) groups is 1. The molecule has 0 aromatic heterocycles. The van der Waals surface area contributed by atoms with Crippen LogP contribution in [0, 0.1) is 5.92 Å². The van der Waals surface area contributed by atoms with Crippen LogP contribution >= 0.6 is 0 Å². The summed E-state index contributed by atoms with van der Waals surface area (Å²) in [6, 6.07) is 11.0. The van der Waals surface area contributed by atoms with Crippen LogP contribution in [-0.2, 0) is 5.41 Å². The van der Waals surface area contributed by atoms with Crippen LogP contribution < -0.4 is 10.6 Å². The molecular formula is C23H39N5. The third kappa shape index (κ3) is 5.71. The fourth-order valence-electron chi connectivity index (χ4n) is 4.69. The number of nitrogens with one attached hydrogen (secondary N) is 2. The van der Waals surface area contributed by atoms with E-state index >= 15 is 0 Å². The van der Waals surface area contributed by atoms with Crippen molar-refractivity contribution in [1.29, 1.82) is 0 Å². The Bertz CT molecular complexity index is 601. The van der Waals surface area contributed by atoms with Crippen LogP contribution in [0.3, 0.4) is 0 Å². The van der Waals surface area contributed by atoms with Crippen molar-refractivity contribution < 1.29 is 0 Å². The van der Waals surface area contributed by atoms with E-state index < -0.39 is 0 Å². The van der Waals surface area contributed by atoms with Crippen molar-refractivity contribution in [2.45, 2.75) is 38.0 Å². The van der Waals surface area contributed by atoms with Crippen LogP contribution in [0.2, 0.25) is 0 Å². The Morgan fingerprint density at radius 1 is 1.07 bits per heavy atom. The van der Waals surface area contributed by atoms with E-state index in [1.165, 1.54) is 57.4 Å². The molecule has 2 aliphatic rings. The van der Waals surface area contributed by atoms with Gasteiger partial charge >= 0.3 is 0 Å². The van der Waals surface area contributed by atoms with Gasteiger partial charge in [0.15, 0.2) is 5.96 Å². The van der Waals surface area contributed by atoms with Gasteiger partial charge in [-0.25, -0.2) is 0 Å². The SMILES string of the molecule is CN=C(NCC(C)CN1CCN(C)CC1)NCC1(c2ccccc2)CCCC1. The predicted molar refractivity (Wildman–Crippen MR) is 119 cm³/mol. The molecule has 1 aromatic rings. The minimum absolute atomic E-state index is 0.254. The minimum atomic E-state index is 0.254. The summed E-state index contributed by atoms with van der Waals surface area (Å²) in [5, 5.41) is 7.20. The largest absolute Gasteiger partial charge is 0.356 e. The van der Waals surface area contributed by atoms with Crippen LogP contribution in [0.4, 0.5) is 0 Å². The highest BCUT2D eigenvalue weighted by molar-refractivity contribution is 5.79. The van der Waals surface area contributed by atoms with Crippen molar-refractivity contribution >= 4 is 5.96 Å². The molecule has 0 spiro atoms. The lowest BCUT2D eigenvalue weighted by atomic mass is 9.79. The Kier molecular flexibility index (Phi) is 7.74. The van der Waals surface area contributed by atoms with E-state index in [9.17, 15) is 0 Å². The van der Waals surface area contributed by atoms with Crippen molar-refractivity contribution in [1.82, 2.24) is 20.4 Å². The molecule has 2 fully saturated rings. The van der Waals surface area contributed by atoms with Crippen LogP contribution in [0.1, 0.15) is 38.2 Å². The van der Waals surface area contributed by atoms with Gasteiger partial charge in [0.2, 0.25) is 0 Å². The number of likely N-dealkylation sites (N-methyl/N-ethyl adjacent to an activating group) is 1. The monoisotopic (exact) mass is 385 g/mol. The number of hydrogen-bond acceptors (Lipinski definition) is 3. The Morgan fingerprint density at radius 3 is 2.39 bits per heavy atom. The standard InChI is InChI=1S/C23H39N5/c1-20(18-28-15-13-27(3)14-16-28)17-25-22(24-2)26-19-23(11-7-8-12-23)21-9-5-4-6-10-21/h4-6,9-10,20H,7-8,11-19H2,1-3H3,(H2,24,25,26). The van der Waals surface area contributed by atoms with Gasteiger partial charge in [0.1, 0.15) is 0 Å². The summed E-state index contributed by atoms with van der Waals surface area (Å²) in [4.78, 5) is 9.48. The maximum absolute atomic E-state index is 4.48. The molecule has 3 rings (SSSR count). The number of guanidine groups is 1. The van der Waals surface area contributed by atoms with Gasteiger partial charge in [-0.15, -0.1) is 0 Å². The van der Waals surface area contributed by atoms with Crippen molar-refractivity contribution in [2.24, 2.45) is 10.9 Å². The topological polar surface area (TPSA) is 42.9 Å². The smallest absolute Gasteiger partial charge is 0.191 e. The summed E-state index contributed by atoms with van der Waals surface area (Å²) in [7, 11) is 4.09. The van der Waals surface area contributed by atoms with Gasteiger partial charge in [-0.2, -0.15) is 0 Å². The molecule has 1 aromatic carbocycles. The molecule has 0 amide bonds. The molecule has 1 heterocycles. The fraction of sp³-hybridized carbons (Fsp3) is 0.696. The highest BCUT2D eigenvalue weighted by atomic mass is 15.2. The van der Waals surface area contributed by atoms with E-state index in [0.29, 0.717) is 5.92 Å². The lowest BCUT2D eigenvalue weighted by Gasteiger charge is -2.34. The Morgan fingerprint density at radius 2 is 1.75 bits per heavy atom. The van der Waals surface area contributed by atoms with Gasteiger partial charge < -0.3 is 20.4 Å². The predicted octanol–water partition coefficient (Wildman–Crippen LogP) is 2.55. The highest BCUT2D eigenvalue weighted by Gasteiger charge is 2.35. The zero-order valence-corrected chi connectivity index (χ0v) is 18.1. The van der Waals surface area contributed by atoms with Gasteiger partial charge in [0, 0.05) is 58.3 Å². The molecule has 1 aliphatic heterocycles. The summed E-state index contributed by atoms with van der Waals surface area (Å²) in [6.45, 7) is 10.2. The molecule has 0 bridgehead atoms. The van der Waals surface area contributed by atoms with Crippen molar-refractivity contribution in [3.05, 3.63) is 35.9 Å². The Balaban J connectivity index is 1.46. The van der Waals surface area contributed by atoms with Crippen LogP contribution in [-0.4, -0.2) is 75.7 Å². The zero-order chi connectivity index (χ0) is 19.8. The summed E-state index contributed by atoms with van der Waals surface area (Å²) < 4.78 is 0. The normalized spacial score (nSPS) is 22.2. The van der Waals surface area contributed by atoms with Gasteiger partial charge in [-0.1, -0.05) is 50.1 Å². The summed E-state index contributed by atoms with van der Waals surface area (Å²) in [6.07, 6.45) is 5.18. The molecule has 1 saturated carbocycles. The van der Waals surface area contributed by atoms with E-state index in [0.717, 1.165) is 25.6 Å². The van der Waals surface area contributed by atoms with Crippen LogP contribution in [0.15, 0.2) is 35.3 Å². The third-order valence-corrected chi connectivity index (χ3v) is 6.55. The second-order valence-electron chi connectivity index (χ2n) is 8.87. The number of hydrogen-bond donors (Lipinski definition) is 2. The average molecular weight is 386 g/mol. The number of benzene rings is 1. The molecule has 1 unspecified atom stereocenters. The van der Waals surface area contributed by atoms with Crippen molar-refractivity contribution in [3.63, 3.8) is 0 Å². The quantitative estimate of drug-likeness (QED) is 0.559. The number of nitrogens with zero attached hydrogens (tertiary/aromatic N) is 3. The van der Waals surface area contributed by atoms with Crippen LogP contribution in [0.5, 0.6) is 0 Å². The van der Waals surface area contributed by atoms with Crippen molar-refractivity contribution in [2.75, 3.05) is 59.9 Å². The van der Waals surface area contributed by atoms with Crippen molar-refractivity contribution in [3.8, 4) is 0 Å². The second-order valence-corrected chi connectivity index (χ2v) is 8.87. The average Bonchev–Trinajstić information content (AvgIpc) is 3.21. The maximum atomic E-state index is 4.48. The molecule has 5 heteroatoms. The lowest BCUT2D eigenvalue weighted by molar-refractivity contribution is 0.139. The molecule has 0 radical (unpaired) electrons. The minimum Gasteiger partial charge on any atom is -0.356 e. The van der Waals surface area contributed by atoms with Crippen LogP contribution in [0.25, 0.3) is 0 Å². The van der Waals surface area contributed by atoms with Gasteiger partial charge in [-0.3, -0.25) is 4.99 Å². The van der Waals surface area contributed by atoms with E-state index in [1.807, 2.05) is 7.05 Å². The molecule has 5 nitrogen and oxygen atoms in total. The lowest BCUT2D eigenvalue weighted by Crippen LogP contribution is -2.48. The molecule has 2 N–H and O–H groups in total. The fourth-order valence-corrected chi connectivity index (χ4v) is 4.69. The van der Waals surface area contributed by atoms with E-state index in [4.69, 9.17) is 0 Å². The Labute approximate surface area is 171 Å². The summed E-state index contributed by atoms with van der Waals surface area (Å²) >= 11 is 0. The Hall–Kier alpha value is -1.59. The number of piperazine rings is 1. The summed E-state index contributed by atoms with van der Waals surface area (Å²) in [5.41, 5.74) is 1.73. The zero-order valence-electron chi connectivity index (χ0n) is 18.1. The molecule has 1 saturated heterocycles. The third-order valence-electron chi connectivity index (χ3n) is 6.55. The second kappa shape index (κ2) is 10.3. The van der Waals surface area contributed by atoms with E-state index in [2.05, 4.69) is 69.7 Å². The first-order valence-electron chi connectivity index (χ1n) is 11.0. The van der Waals surface area contributed by atoms with E-state index in [1.54, 1.807) is 0 Å². The first-order valence-corrected chi connectivity index (χ1v) is 11.0. The maximum Gasteiger partial charge on any atom is 0.191 e. The van der Waals surface area contributed by atoms with Gasteiger partial charge in [-0.05, 0) is 31.4 Å². The van der Waals surface area contributed by atoms with E-state index in [-0.39, 0.29) is 5.41 Å². The molecule has 28 heavy (non-hydrogen) atoms.